The molecule has 6 nitrogen and oxygen atoms in total. The Kier molecular flexibility index (Phi) is 5.31. The lowest BCUT2D eigenvalue weighted by Crippen LogP contribution is -2.21. The average molecular weight is 415 g/mol. The molecule has 0 aliphatic heterocycles. The zero-order chi connectivity index (χ0) is 19.7. The molecule has 1 heterocycles. The molecular formula is C16H10ClF3N4O2S. The monoisotopic (exact) mass is 414 g/mol. The summed E-state index contributed by atoms with van der Waals surface area (Å²) in [6, 6.07) is 5.30. The van der Waals surface area contributed by atoms with E-state index < -0.39 is 34.6 Å². The average Bonchev–Trinajstić information content (AvgIpc) is 3.08. The standard InChI is InChI=1S/C16H10ClF3N4O2S/c1-6-4-7(13-15(17)24-27-23-13)2-3-10(6)21-14-8(16(25)22-26)5-9(18)11(19)12(14)20/h2-5,21,26H,1H3,(H,22,25). The summed E-state index contributed by atoms with van der Waals surface area (Å²) in [4.78, 5) is 11.7. The molecule has 0 saturated carbocycles. The fourth-order valence-corrected chi connectivity index (χ4v) is 3.16. The predicted octanol–water partition coefficient (Wildman–Crippen LogP) is 4.45. The molecule has 3 N–H and O–H groups in total. The number of rotatable bonds is 4. The van der Waals surface area contributed by atoms with E-state index in [1.54, 1.807) is 19.1 Å². The molecule has 0 fully saturated rings. The van der Waals surface area contributed by atoms with E-state index >= 15 is 0 Å². The maximum atomic E-state index is 14.2. The number of carbonyl (C=O) groups is 1. The molecule has 0 atom stereocenters. The lowest BCUT2D eigenvalue weighted by Gasteiger charge is -2.15. The molecule has 0 aliphatic carbocycles. The summed E-state index contributed by atoms with van der Waals surface area (Å²) in [6.45, 7) is 1.67. The Bertz CT molecular complexity index is 1040. The third kappa shape index (κ3) is 3.59. The zero-order valence-electron chi connectivity index (χ0n) is 13.5. The number of nitrogens with zero attached hydrogens (tertiary/aromatic N) is 2. The molecule has 3 aromatic rings. The summed E-state index contributed by atoms with van der Waals surface area (Å²) >= 11 is 6.89. The number of carbonyl (C=O) groups excluding carboxylic acids is 1. The number of aryl methyl sites for hydroxylation is 1. The Morgan fingerprint density at radius 3 is 2.52 bits per heavy atom. The van der Waals surface area contributed by atoms with Gasteiger partial charge in [-0.25, -0.2) is 18.7 Å². The molecule has 1 aromatic heterocycles. The molecule has 140 valence electrons. The first-order valence-corrected chi connectivity index (χ1v) is 8.42. The lowest BCUT2D eigenvalue weighted by molar-refractivity contribution is 0.0706. The second-order valence-electron chi connectivity index (χ2n) is 5.41. The fourth-order valence-electron chi connectivity index (χ4n) is 2.39. The summed E-state index contributed by atoms with van der Waals surface area (Å²) < 4.78 is 49.2. The third-order valence-electron chi connectivity index (χ3n) is 3.72. The number of benzene rings is 2. The van der Waals surface area contributed by atoms with Gasteiger partial charge in [-0.1, -0.05) is 17.7 Å². The van der Waals surface area contributed by atoms with Gasteiger partial charge in [0.15, 0.2) is 22.6 Å². The molecule has 0 radical (unpaired) electrons. The van der Waals surface area contributed by atoms with Crippen LogP contribution in [-0.2, 0) is 0 Å². The largest absolute Gasteiger partial charge is 0.352 e. The van der Waals surface area contributed by atoms with Crippen molar-refractivity contribution in [3.8, 4) is 11.3 Å². The Morgan fingerprint density at radius 2 is 1.93 bits per heavy atom. The van der Waals surface area contributed by atoms with Gasteiger partial charge in [0.25, 0.3) is 5.91 Å². The number of halogens is 4. The molecular weight excluding hydrogens is 405 g/mol. The van der Waals surface area contributed by atoms with E-state index in [0.717, 1.165) is 11.7 Å². The second-order valence-corrected chi connectivity index (χ2v) is 6.29. The van der Waals surface area contributed by atoms with E-state index in [1.807, 2.05) is 0 Å². The molecule has 0 unspecified atom stereocenters. The zero-order valence-corrected chi connectivity index (χ0v) is 15.1. The minimum absolute atomic E-state index is 0.230. The van der Waals surface area contributed by atoms with Gasteiger partial charge in [-0.05, 0) is 30.7 Å². The topological polar surface area (TPSA) is 87.1 Å². The smallest absolute Gasteiger partial charge is 0.276 e. The summed E-state index contributed by atoms with van der Waals surface area (Å²) in [5.74, 6) is -6.11. The summed E-state index contributed by atoms with van der Waals surface area (Å²) in [5, 5.41) is 11.6. The van der Waals surface area contributed by atoms with Crippen LogP contribution in [0.1, 0.15) is 15.9 Å². The van der Waals surface area contributed by atoms with Gasteiger partial charge in [0.05, 0.1) is 23.0 Å². The van der Waals surface area contributed by atoms with Gasteiger partial charge in [0, 0.05) is 11.3 Å². The Labute approximate surface area is 159 Å². The lowest BCUT2D eigenvalue weighted by atomic mass is 10.1. The van der Waals surface area contributed by atoms with Crippen molar-refractivity contribution in [2.45, 2.75) is 6.92 Å². The van der Waals surface area contributed by atoms with E-state index in [4.69, 9.17) is 16.8 Å². The van der Waals surface area contributed by atoms with Crippen LogP contribution in [0.4, 0.5) is 24.5 Å². The molecule has 27 heavy (non-hydrogen) atoms. The quantitative estimate of drug-likeness (QED) is 0.333. The van der Waals surface area contributed by atoms with Gasteiger partial charge in [-0.2, -0.15) is 8.75 Å². The van der Waals surface area contributed by atoms with E-state index in [0.29, 0.717) is 28.6 Å². The van der Waals surface area contributed by atoms with Crippen LogP contribution in [0.5, 0.6) is 0 Å². The Morgan fingerprint density at radius 1 is 1.19 bits per heavy atom. The summed E-state index contributed by atoms with van der Waals surface area (Å²) in [5.41, 5.74) is 2.05. The highest BCUT2D eigenvalue weighted by molar-refractivity contribution is 6.99. The molecule has 0 spiro atoms. The van der Waals surface area contributed by atoms with Gasteiger partial charge in [-0.15, -0.1) is 0 Å². The maximum absolute atomic E-state index is 14.2. The van der Waals surface area contributed by atoms with Crippen LogP contribution in [0.25, 0.3) is 11.3 Å². The van der Waals surface area contributed by atoms with Crippen molar-refractivity contribution in [1.82, 2.24) is 14.2 Å². The van der Waals surface area contributed by atoms with Crippen LogP contribution in [0.3, 0.4) is 0 Å². The first-order valence-electron chi connectivity index (χ1n) is 7.31. The number of amides is 1. The predicted molar refractivity (Wildman–Crippen MR) is 93.9 cm³/mol. The highest BCUT2D eigenvalue weighted by Crippen LogP contribution is 2.32. The minimum Gasteiger partial charge on any atom is -0.352 e. The first kappa shape index (κ1) is 19.1. The van der Waals surface area contributed by atoms with Crippen molar-refractivity contribution in [3.63, 3.8) is 0 Å². The Balaban J connectivity index is 2.04. The van der Waals surface area contributed by atoms with Crippen LogP contribution in [-0.4, -0.2) is 19.9 Å². The molecule has 2 aromatic carbocycles. The molecule has 3 rings (SSSR count). The highest BCUT2D eigenvalue weighted by Gasteiger charge is 2.23. The van der Waals surface area contributed by atoms with Crippen molar-refractivity contribution < 1.29 is 23.2 Å². The van der Waals surface area contributed by atoms with Crippen LogP contribution in [0.15, 0.2) is 24.3 Å². The number of hydrogen-bond donors (Lipinski definition) is 3. The van der Waals surface area contributed by atoms with E-state index in [1.165, 1.54) is 11.5 Å². The number of nitrogens with one attached hydrogen (secondary N) is 2. The summed E-state index contributed by atoms with van der Waals surface area (Å²) in [6.07, 6.45) is 0. The van der Waals surface area contributed by atoms with Crippen molar-refractivity contribution in [1.29, 1.82) is 0 Å². The van der Waals surface area contributed by atoms with Crippen molar-refractivity contribution in [2.24, 2.45) is 0 Å². The number of hydroxylamine groups is 1. The van der Waals surface area contributed by atoms with Crippen LogP contribution in [0, 0.1) is 24.4 Å². The van der Waals surface area contributed by atoms with E-state index in [9.17, 15) is 18.0 Å². The SMILES string of the molecule is Cc1cc(-c2nsnc2Cl)ccc1Nc1c(C(=O)NO)cc(F)c(F)c1F. The van der Waals surface area contributed by atoms with Gasteiger partial charge >= 0.3 is 0 Å². The Hall–Kier alpha value is -2.69. The molecule has 0 saturated heterocycles. The van der Waals surface area contributed by atoms with Gasteiger partial charge in [0.2, 0.25) is 0 Å². The van der Waals surface area contributed by atoms with Crippen molar-refractivity contribution in [3.05, 3.63) is 58.0 Å². The van der Waals surface area contributed by atoms with Crippen LogP contribution >= 0.6 is 23.3 Å². The number of anilines is 2. The first-order chi connectivity index (χ1) is 12.8. The van der Waals surface area contributed by atoms with Crippen molar-refractivity contribution in [2.75, 3.05) is 5.32 Å². The highest BCUT2D eigenvalue weighted by atomic mass is 35.5. The third-order valence-corrected chi connectivity index (χ3v) is 4.61. The normalized spacial score (nSPS) is 10.7. The number of hydrogen-bond acceptors (Lipinski definition) is 6. The minimum atomic E-state index is -1.75. The van der Waals surface area contributed by atoms with E-state index in [2.05, 4.69) is 14.1 Å². The molecule has 0 aliphatic rings. The molecule has 11 heteroatoms. The summed E-state index contributed by atoms with van der Waals surface area (Å²) in [7, 11) is 0. The van der Waals surface area contributed by atoms with Gasteiger partial charge in [0.1, 0.15) is 5.69 Å². The molecule has 1 amide bonds. The fraction of sp³-hybridized carbons (Fsp3) is 0.0625. The van der Waals surface area contributed by atoms with Gasteiger partial charge < -0.3 is 5.32 Å². The van der Waals surface area contributed by atoms with Crippen LogP contribution in [0.2, 0.25) is 5.15 Å². The maximum Gasteiger partial charge on any atom is 0.276 e. The van der Waals surface area contributed by atoms with Gasteiger partial charge in [-0.3, -0.25) is 10.0 Å². The molecule has 0 bridgehead atoms. The second kappa shape index (κ2) is 7.51. The van der Waals surface area contributed by atoms with Crippen molar-refractivity contribution >= 4 is 40.6 Å². The van der Waals surface area contributed by atoms with E-state index in [-0.39, 0.29) is 5.15 Å². The van der Waals surface area contributed by atoms with Crippen LogP contribution < -0.4 is 10.8 Å². The number of aromatic nitrogens is 2.